The lowest BCUT2D eigenvalue weighted by molar-refractivity contribution is -0.142. The number of aliphatic hydroxyl groups excluding tert-OH is 1. The number of aliphatic hydroxyl groups is 1. The van der Waals surface area contributed by atoms with Gasteiger partial charge in [-0.1, -0.05) is 0 Å². The Morgan fingerprint density at radius 3 is 2.47 bits per heavy atom. The molecule has 2 fully saturated rings. The topological polar surface area (TPSA) is 98.2 Å². The van der Waals surface area contributed by atoms with Crippen LogP contribution in [0, 0.1) is 0 Å². The molecule has 2 heterocycles. The molecular formula is C11H20N2O5S. The van der Waals surface area contributed by atoms with E-state index in [1.807, 2.05) is 0 Å². The molecule has 2 N–H and O–H groups in total. The molecule has 7 nitrogen and oxygen atoms in total. The van der Waals surface area contributed by atoms with Crippen molar-refractivity contribution >= 4 is 16.2 Å². The molecule has 0 aliphatic carbocycles. The molecule has 8 heteroatoms. The summed E-state index contributed by atoms with van der Waals surface area (Å²) >= 11 is 0. The van der Waals surface area contributed by atoms with Gasteiger partial charge < -0.3 is 10.2 Å². The van der Waals surface area contributed by atoms with Crippen LogP contribution in [0.4, 0.5) is 0 Å². The first-order chi connectivity index (χ1) is 8.93. The fourth-order valence-corrected chi connectivity index (χ4v) is 4.60. The normalized spacial score (nSPS) is 31.2. The van der Waals surface area contributed by atoms with E-state index in [9.17, 15) is 18.3 Å². The lowest BCUT2D eigenvalue weighted by Crippen LogP contribution is -2.55. The van der Waals surface area contributed by atoms with Crippen LogP contribution in [0.5, 0.6) is 0 Å². The molecule has 2 aliphatic heterocycles. The molecule has 0 radical (unpaired) electrons. The lowest BCUT2D eigenvalue weighted by Gasteiger charge is -2.38. The zero-order chi connectivity index (χ0) is 14.0. The summed E-state index contributed by atoms with van der Waals surface area (Å²) in [5, 5.41) is 18.7. The minimum Gasteiger partial charge on any atom is -0.480 e. The first-order valence-corrected chi connectivity index (χ1v) is 8.00. The fraction of sp³-hybridized carbons (Fsp3) is 0.909. The van der Waals surface area contributed by atoms with E-state index in [2.05, 4.69) is 0 Å². The third kappa shape index (κ3) is 3.07. The van der Waals surface area contributed by atoms with E-state index in [1.165, 1.54) is 4.31 Å². The van der Waals surface area contributed by atoms with Crippen molar-refractivity contribution in [1.82, 2.24) is 8.61 Å². The van der Waals surface area contributed by atoms with Gasteiger partial charge in [0.15, 0.2) is 0 Å². The maximum Gasteiger partial charge on any atom is 0.322 e. The van der Waals surface area contributed by atoms with Crippen molar-refractivity contribution in [3.05, 3.63) is 0 Å². The summed E-state index contributed by atoms with van der Waals surface area (Å²) in [4.78, 5) is 11.2. The van der Waals surface area contributed by atoms with Crippen molar-refractivity contribution in [2.24, 2.45) is 0 Å². The maximum absolute atomic E-state index is 12.5. The van der Waals surface area contributed by atoms with Crippen LogP contribution in [0.1, 0.15) is 32.1 Å². The summed E-state index contributed by atoms with van der Waals surface area (Å²) in [5.74, 6) is -1.10. The molecule has 2 saturated heterocycles. The van der Waals surface area contributed by atoms with Crippen LogP contribution in [0.25, 0.3) is 0 Å². The van der Waals surface area contributed by atoms with Crippen LogP contribution in [0.3, 0.4) is 0 Å². The maximum atomic E-state index is 12.5. The quantitative estimate of drug-likeness (QED) is 0.739. The van der Waals surface area contributed by atoms with Gasteiger partial charge in [-0.2, -0.15) is 17.0 Å². The summed E-state index contributed by atoms with van der Waals surface area (Å²) in [6.07, 6.45) is 2.30. The van der Waals surface area contributed by atoms with Gasteiger partial charge in [0.2, 0.25) is 0 Å². The number of aliphatic carboxylic acids is 1. The first-order valence-electron chi connectivity index (χ1n) is 6.60. The molecule has 1 unspecified atom stereocenters. The Bertz CT molecular complexity index is 438. The van der Waals surface area contributed by atoms with Crippen molar-refractivity contribution in [2.75, 3.05) is 19.6 Å². The number of piperidine rings is 2. The Labute approximate surface area is 113 Å². The van der Waals surface area contributed by atoms with Gasteiger partial charge in [-0.15, -0.1) is 0 Å². The Balaban J connectivity index is 2.19. The van der Waals surface area contributed by atoms with E-state index in [0.29, 0.717) is 32.2 Å². The third-order valence-electron chi connectivity index (χ3n) is 3.72. The molecule has 0 bridgehead atoms. The van der Waals surface area contributed by atoms with Gasteiger partial charge >= 0.3 is 5.97 Å². The summed E-state index contributed by atoms with van der Waals surface area (Å²) in [5.41, 5.74) is 0. The Kier molecular flexibility index (Phi) is 4.44. The van der Waals surface area contributed by atoms with Gasteiger partial charge in [0, 0.05) is 19.6 Å². The van der Waals surface area contributed by atoms with Crippen molar-refractivity contribution in [1.29, 1.82) is 0 Å². The van der Waals surface area contributed by atoms with E-state index in [1.54, 1.807) is 0 Å². The Morgan fingerprint density at radius 2 is 1.84 bits per heavy atom. The van der Waals surface area contributed by atoms with E-state index >= 15 is 0 Å². The molecule has 0 saturated carbocycles. The number of carbonyl (C=O) groups is 1. The number of β-amino-alcohol motifs (C(OH)–C–C–N with tert-alkyl or cyclic N) is 1. The average molecular weight is 292 g/mol. The van der Waals surface area contributed by atoms with Crippen LogP contribution in [0.2, 0.25) is 0 Å². The molecule has 2 aliphatic rings. The van der Waals surface area contributed by atoms with Gasteiger partial charge in [0.25, 0.3) is 10.2 Å². The molecule has 0 spiro atoms. The number of hydrogen-bond donors (Lipinski definition) is 2. The van der Waals surface area contributed by atoms with E-state index < -0.39 is 28.3 Å². The summed E-state index contributed by atoms with van der Waals surface area (Å²) < 4.78 is 27.2. The van der Waals surface area contributed by atoms with Gasteiger partial charge in [0.05, 0.1) is 6.10 Å². The molecule has 2 atom stereocenters. The zero-order valence-corrected chi connectivity index (χ0v) is 11.5. The highest BCUT2D eigenvalue weighted by atomic mass is 32.2. The molecular weight excluding hydrogens is 272 g/mol. The lowest BCUT2D eigenvalue weighted by atomic mass is 10.1. The number of rotatable bonds is 3. The molecule has 110 valence electrons. The summed E-state index contributed by atoms with van der Waals surface area (Å²) in [7, 11) is -3.79. The average Bonchev–Trinajstić information content (AvgIpc) is 2.38. The van der Waals surface area contributed by atoms with Crippen molar-refractivity contribution < 1.29 is 23.4 Å². The predicted molar refractivity (Wildman–Crippen MR) is 67.7 cm³/mol. The van der Waals surface area contributed by atoms with E-state index in [0.717, 1.165) is 10.7 Å². The van der Waals surface area contributed by atoms with Gasteiger partial charge in [-0.25, -0.2) is 0 Å². The standard InChI is InChI=1S/C11H20N2O5S/c14-9-4-3-6-12(8-9)19(17,18)13-7-2-1-5-10(13)11(15)16/h9-10,14H,1-8H2,(H,15,16)/t9-,10?/m0/s1. The number of hydrogen-bond acceptors (Lipinski definition) is 4. The van der Waals surface area contributed by atoms with Crippen LogP contribution in [-0.2, 0) is 15.0 Å². The highest BCUT2D eigenvalue weighted by Gasteiger charge is 2.41. The van der Waals surface area contributed by atoms with Crippen LogP contribution < -0.4 is 0 Å². The number of nitrogens with zero attached hydrogens (tertiary/aromatic N) is 2. The van der Waals surface area contributed by atoms with Crippen LogP contribution in [-0.4, -0.2) is 65.0 Å². The van der Waals surface area contributed by atoms with Crippen LogP contribution >= 0.6 is 0 Å². The predicted octanol–water partition coefficient (Wildman–Crippen LogP) is -0.373. The van der Waals surface area contributed by atoms with E-state index in [-0.39, 0.29) is 13.1 Å². The molecule has 0 amide bonds. The van der Waals surface area contributed by atoms with Crippen molar-refractivity contribution in [2.45, 2.75) is 44.2 Å². The smallest absolute Gasteiger partial charge is 0.322 e. The fourth-order valence-electron chi connectivity index (χ4n) is 2.71. The minimum atomic E-state index is -3.79. The third-order valence-corrected chi connectivity index (χ3v) is 5.73. The molecule has 19 heavy (non-hydrogen) atoms. The van der Waals surface area contributed by atoms with Crippen molar-refractivity contribution in [3.8, 4) is 0 Å². The highest BCUT2D eigenvalue weighted by Crippen LogP contribution is 2.25. The van der Waals surface area contributed by atoms with Gasteiger partial charge in [-0.05, 0) is 32.1 Å². The van der Waals surface area contributed by atoms with Gasteiger partial charge in [-0.3, -0.25) is 4.79 Å². The summed E-state index contributed by atoms with van der Waals surface area (Å²) in [6.45, 7) is 0.652. The molecule has 0 aromatic rings. The second-order valence-electron chi connectivity index (χ2n) is 5.12. The molecule has 0 aromatic heterocycles. The second kappa shape index (κ2) is 5.74. The first kappa shape index (κ1) is 14.7. The minimum absolute atomic E-state index is 0.0607. The second-order valence-corrected chi connectivity index (χ2v) is 7.00. The Hall–Kier alpha value is -0.700. The summed E-state index contributed by atoms with van der Waals surface area (Å²) in [6, 6.07) is -0.974. The number of carboxylic acids is 1. The number of carboxylic acid groups (broad SMARTS) is 1. The monoisotopic (exact) mass is 292 g/mol. The largest absolute Gasteiger partial charge is 0.480 e. The SMILES string of the molecule is O=C(O)C1CCCCN1S(=O)(=O)N1CCC[C@H](O)C1. The molecule has 2 rings (SSSR count). The molecule has 0 aromatic carbocycles. The van der Waals surface area contributed by atoms with E-state index in [4.69, 9.17) is 5.11 Å². The zero-order valence-electron chi connectivity index (χ0n) is 10.7. The van der Waals surface area contributed by atoms with Crippen LogP contribution in [0.15, 0.2) is 0 Å². The Morgan fingerprint density at radius 1 is 1.11 bits per heavy atom. The highest BCUT2D eigenvalue weighted by molar-refractivity contribution is 7.86. The van der Waals surface area contributed by atoms with Gasteiger partial charge in [0.1, 0.15) is 6.04 Å². The van der Waals surface area contributed by atoms with Crippen molar-refractivity contribution in [3.63, 3.8) is 0 Å².